The lowest BCUT2D eigenvalue weighted by Gasteiger charge is -2.30. The highest BCUT2D eigenvalue weighted by atomic mass is 35.5. The van der Waals surface area contributed by atoms with Crippen molar-refractivity contribution in [2.45, 2.75) is 45.4 Å². The maximum atomic E-state index is 13.6. The van der Waals surface area contributed by atoms with Crippen LogP contribution < -0.4 is 5.32 Å². The standard InChI is InChI=1S/C26H27Cl2FN2O3/c1-5-33-24(17-8-6-16(7-9-17)19-12-20(29)15-30-14-19)23(31-25(32)34-26(2,3)4)18-10-11-21(27)22(28)13-18/h6-15,23-24H,5H2,1-4H3,(H,31,32). The molecule has 8 heteroatoms. The van der Waals surface area contributed by atoms with E-state index in [0.29, 0.717) is 27.8 Å². The maximum Gasteiger partial charge on any atom is 0.408 e. The zero-order valence-electron chi connectivity index (χ0n) is 19.4. The SMILES string of the molecule is CCOC(c1ccc(-c2cncc(F)c2)cc1)C(NC(=O)OC(C)(C)C)c1ccc(Cl)c(Cl)c1. The van der Waals surface area contributed by atoms with E-state index in [1.807, 2.05) is 31.2 Å². The Kier molecular flexibility index (Phi) is 8.52. The van der Waals surface area contributed by atoms with Gasteiger partial charge in [0, 0.05) is 18.4 Å². The van der Waals surface area contributed by atoms with Crippen LogP contribution in [0.5, 0.6) is 0 Å². The van der Waals surface area contributed by atoms with Gasteiger partial charge >= 0.3 is 6.09 Å². The Labute approximate surface area is 209 Å². The monoisotopic (exact) mass is 504 g/mol. The summed E-state index contributed by atoms with van der Waals surface area (Å²) in [6.07, 6.45) is 1.61. The topological polar surface area (TPSA) is 60.5 Å². The molecular formula is C26H27Cl2FN2O3. The summed E-state index contributed by atoms with van der Waals surface area (Å²) >= 11 is 12.4. The van der Waals surface area contributed by atoms with Crippen LogP contribution in [-0.2, 0) is 9.47 Å². The summed E-state index contributed by atoms with van der Waals surface area (Å²) in [5.74, 6) is -0.407. The maximum absolute atomic E-state index is 13.6. The molecule has 0 radical (unpaired) electrons. The molecule has 0 spiro atoms. The van der Waals surface area contributed by atoms with E-state index in [-0.39, 0.29) is 0 Å². The number of carbonyl (C=O) groups is 1. The number of pyridine rings is 1. The molecule has 1 N–H and O–H groups in total. The normalized spacial score (nSPS) is 13.3. The van der Waals surface area contributed by atoms with Gasteiger partial charge in [0.05, 0.1) is 22.3 Å². The minimum absolute atomic E-state index is 0.361. The van der Waals surface area contributed by atoms with Gasteiger partial charge in [-0.05, 0) is 62.6 Å². The van der Waals surface area contributed by atoms with Crippen molar-refractivity contribution in [3.8, 4) is 11.1 Å². The smallest absolute Gasteiger partial charge is 0.408 e. The quantitative estimate of drug-likeness (QED) is 0.361. The third-order valence-corrected chi connectivity index (χ3v) is 5.64. The molecule has 0 bridgehead atoms. The highest BCUT2D eigenvalue weighted by Gasteiger charge is 2.29. The van der Waals surface area contributed by atoms with Crippen LogP contribution in [0.3, 0.4) is 0 Å². The molecule has 3 aromatic rings. The molecule has 2 unspecified atom stereocenters. The van der Waals surface area contributed by atoms with Crippen molar-refractivity contribution >= 4 is 29.3 Å². The molecule has 1 aromatic heterocycles. The second-order valence-corrected chi connectivity index (χ2v) is 9.50. The van der Waals surface area contributed by atoms with E-state index in [9.17, 15) is 9.18 Å². The van der Waals surface area contributed by atoms with Crippen LogP contribution in [-0.4, -0.2) is 23.3 Å². The lowest BCUT2D eigenvalue weighted by atomic mass is 9.94. The van der Waals surface area contributed by atoms with E-state index < -0.39 is 29.7 Å². The molecule has 0 saturated carbocycles. The van der Waals surface area contributed by atoms with Crippen molar-refractivity contribution in [3.63, 3.8) is 0 Å². The molecule has 0 aliphatic heterocycles. The van der Waals surface area contributed by atoms with Gasteiger partial charge in [-0.2, -0.15) is 0 Å². The average Bonchev–Trinajstić information content (AvgIpc) is 2.77. The van der Waals surface area contributed by atoms with Crippen molar-refractivity contribution < 1.29 is 18.7 Å². The number of amides is 1. The predicted molar refractivity (Wildman–Crippen MR) is 133 cm³/mol. The Morgan fingerprint density at radius 1 is 1.00 bits per heavy atom. The molecule has 0 aliphatic carbocycles. The van der Waals surface area contributed by atoms with E-state index in [1.165, 1.54) is 6.07 Å². The summed E-state index contributed by atoms with van der Waals surface area (Å²) < 4.78 is 25.2. The zero-order valence-corrected chi connectivity index (χ0v) is 21.0. The number of halogens is 3. The third kappa shape index (κ3) is 6.92. The summed E-state index contributed by atoms with van der Waals surface area (Å²) in [7, 11) is 0. The van der Waals surface area contributed by atoms with Crippen molar-refractivity contribution in [2.24, 2.45) is 0 Å². The largest absolute Gasteiger partial charge is 0.444 e. The average molecular weight is 505 g/mol. The summed E-state index contributed by atoms with van der Waals surface area (Å²) in [6, 6.07) is 13.4. The molecule has 34 heavy (non-hydrogen) atoms. The third-order valence-electron chi connectivity index (χ3n) is 4.90. The molecule has 0 saturated heterocycles. The molecule has 2 atom stereocenters. The number of rotatable bonds is 7. The van der Waals surface area contributed by atoms with Crippen LogP contribution >= 0.6 is 23.2 Å². The number of ether oxygens (including phenoxy) is 2. The number of nitrogens with one attached hydrogen (secondary N) is 1. The van der Waals surface area contributed by atoms with Gasteiger partial charge in [0.1, 0.15) is 17.5 Å². The molecule has 2 aromatic carbocycles. The molecule has 3 rings (SSSR count). The van der Waals surface area contributed by atoms with Crippen molar-refractivity contribution in [3.05, 3.63) is 87.9 Å². The highest BCUT2D eigenvalue weighted by Crippen LogP contribution is 2.36. The Bertz CT molecular complexity index is 1130. The second-order valence-electron chi connectivity index (χ2n) is 8.69. The lowest BCUT2D eigenvalue weighted by molar-refractivity contribution is 0.0174. The van der Waals surface area contributed by atoms with E-state index >= 15 is 0 Å². The Morgan fingerprint density at radius 3 is 2.26 bits per heavy atom. The summed E-state index contributed by atoms with van der Waals surface area (Å²) in [5, 5.41) is 3.69. The number of hydrogen-bond donors (Lipinski definition) is 1. The van der Waals surface area contributed by atoms with E-state index in [4.69, 9.17) is 32.7 Å². The fourth-order valence-corrected chi connectivity index (χ4v) is 3.78. The van der Waals surface area contributed by atoms with Gasteiger partial charge in [-0.1, -0.05) is 53.5 Å². The number of benzene rings is 2. The van der Waals surface area contributed by atoms with Crippen LogP contribution in [0.4, 0.5) is 9.18 Å². The van der Waals surface area contributed by atoms with Crippen molar-refractivity contribution in [2.75, 3.05) is 6.61 Å². The molecule has 0 aliphatic rings. The number of hydrogen-bond acceptors (Lipinski definition) is 4. The Balaban J connectivity index is 1.99. The van der Waals surface area contributed by atoms with Crippen LogP contribution in [0, 0.1) is 5.82 Å². The van der Waals surface area contributed by atoms with Crippen LogP contribution in [0.25, 0.3) is 11.1 Å². The van der Waals surface area contributed by atoms with Gasteiger partial charge in [-0.25, -0.2) is 9.18 Å². The van der Waals surface area contributed by atoms with E-state index in [0.717, 1.165) is 17.3 Å². The number of nitrogens with zero attached hydrogens (tertiary/aromatic N) is 1. The van der Waals surface area contributed by atoms with E-state index in [2.05, 4.69) is 10.3 Å². The lowest BCUT2D eigenvalue weighted by Crippen LogP contribution is -2.38. The number of aromatic nitrogens is 1. The number of alkyl carbamates (subject to hydrolysis) is 1. The molecule has 0 fully saturated rings. The molecule has 1 heterocycles. The summed E-state index contributed by atoms with van der Waals surface area (Å²) in [4.78, 5) is 16.6. The van der Waals surface area contributed by atoms with Gasteiger partial charge in [0.25, 0.3) is 0 Å². The van der Waals surface area contributed by atoms with Gasteiger partial charge in [-0.15, -0.1) is 0 Å². The fraction of sp³-hybridized carbons (Fsp3) is 0.308. The fourth-order valence-electron chi connectivity index (χ4n) is 3.47. The minimum Gasteiger partial charge on any atom is -0.444 e. The van der Waals surface area contributed by atoms with Gasteiger partial charge in [0.2, 0.25) is 0 Å². The van der Waals surface area contributed by atoms with Gasteiger partial charge in [-0.3, -0.25) is 4.98 Å². The highest BCUT2D eigenvalue weighted by molar-refractivity contribution is 6.42. The molecule has 1 amide bonds. The zero-order chi connectivity index (χ0) is 24.9. The second kappa shape index (κ2) is 11.2. The van der Waals surface area contributed by atoms with E-state index in [1.54, 1.807) is 45.2 Å². The first-order valence-corrected chi connectivity index (χ1v) is 11.6. The predicted octanol–water partition coefficient (Wildman–Crippen LogP) is 7.54. The van der Waals surface area contributed by atoms with Crippen LogP contribution in [0.15, 0.2) is 60.9 Å². The van der Waals surface area contributed by atoms with Crippen molar-refractivity contribution in [1.29, 1.82) is 0 Å². The molecule has 5 nitrogen and oxygen atoms in total. The van der Waals surface area contributed by atoms with Crippen molar-refractivity contribution in [1.82, 2.24) is 10.3 Å². The number of carbonyl (C=O) groups excluding carboxylic acids is 1. The minimum atomic E-state index is -0.673. The molecule has 180 valence electrons. The summed E-state index contributed by atoms with van der Waals surface area (Å²) in [5.41, 5.74) is 2.30. The van der Waals surface area contributed by atoms with Gasteiger partial charge in [0.15, 0.2) is 0 Å². The summed E-state index contributed by atoms with van der Waals surface area (Å²) in [6.45, 7) is 7.65. The Morgan fingerprint density at radius 2 is 1.68 bits per heavy atom. The first kappa shape index (κ1) is 25.9. The van der Waals surface area contributed by atoms with Crippen LogP contribution in [0.2, 0.25) is 10.0 Å². The first-order chi connectivity index (χ1) is 16.1. The Hall–Kier alpha value is -2.67. The molecular weight excluding hydrogens is 478 g/mol. The van der Waals surface area contributed by atoms with Crippen LogP contribution in [0.1, 0.15) is 51.0 Å². The van der Waals surface area contributed by atoms with Gasteiger partial charge < -0.3 is 14.8 Å². The first-order valence-electron chi connectivity index (χ1n) is 10.8.